The molecule has 1 aliphatic rings. The number of nitrogens with zero attached hydrogens (tertiary/aromatic N) is 1. The highest BCUT2D eigenvalue weighted by Gasteiger charge is 2.22. The average molecular weight is 343 g/mol. The number of ether oxygens (including phenoxy) is 2. The van der Waals surface area contributed by atoms with Crippen LogP contribution in [0.1, 0.15) is 11.1 Å². The van der Waals surface area contributed by atoms with Gasteiger partial charge in [0.2, 0.25) is 0 Å². The highest BCUT2D eigenvalue weighted by molar-refractivity contribution is 6.30. The molecule has 0 unspecified atom stereocenters. The molecule has 122 valence electrons. The van der Waals surface area contributed by atoms with Crippen LogP contribution in [-0.4, -0.2) is 26.0 Å². The quantitative estimate of drug-likeness (QED) is 0.867. The molecule has 0 fully saturated rings. The molecule has 2 aromatic carbocycles. The van der Waals surface area contributed by atoms with Gasteiger partial charge in [0, 0.05) is 16.7 Å². The van der Waals surface area contributed by atoms with Crippen LogP contribution in [0.2, 0.25) is 5.02 Å². The van der Waals surface area contributed by atoms with E-state index in [1.165, 1.54) is 0 Å². The molecule has 3 rings (SSSR count). The molecule has 1 amide bonds. The Hall–Kier alpha value is -2.79. The number of carbonyl (C=O) groups excluding carboxylic acids is 1. The molecule has 0 saturated carbocycles. The first-order valence-electron chi connectivity index (χ1n) is 7.20. The highest BCUT2D eigenvalue weighted by atomic mass is 35.5. The van der Waals surface area contributed by atoms with E-state index < -0.39 is 0 Å². The second-order valence-corrected chi connectivity index (χ2v) is 5.53. The Labute approximate surface area is 144 Å². The molecule has 1 aliphatic heterocycles. The number of aliphatic imine (C=N–C) groups is 1. The van der Waals surface area contributed by atoms with E-state index in [4.69, 9.17) is 21.1 Å². The summed E-state index contributed by atoms with van der Waals surface area (Å²) >= 11 is 5.87. The van der Waals surface area contributed by atoms with Gasteiger partial charge in [0.25, 0.3) is 5.91 Å². The number of hydrogen-bond acceptors (Lipinski definition) is 4. The van der Waals surface area contributed by atoms with Crippen LogP contribution in [0.25, 0.3) is 6.08 Å². The number of rotatable bonds is 4. The second-order valence-electron chi connectivity index (χ2n) is 5.10. The van der Waals surface area contributed by atoms with Gasteiger partial charge in [0.05, 0.1) is 14.2 Å². The Balaban J connectivity index is 1.95. The molecular formula is C18H15ClN2O3. The summed E-state index contributed by atoms with van der Waals surface area (Å²) in [6, 6.07) is 12.5. The van der Waals surface area contributed by atoms with Crippen LogP contribution in [0, 0.1) is 0 Å². The second kappa shape index (κ2) is 6.76. The van der Waals surface area contributed by atoms with Crippen LogP contribution in [0.15, 0.2) is 53.2 Å². The van der Waals surface area contributed by atoms with Crippen molar-refractivity contribution in [2.24, 2.45) is 4.99 Å². The number of benzene rings is 2. The third kappa shape index (κ3) is 3.41. The normalized spacial score (nSPS) is 15.2. The summed E-state index contributed by atoms with van der Waals surface area (Å²) in [5.41, 5.74) is 1.88. The molecule has 5 nitrogen and oxygen atoms in total. The van der Waals surface area contributed by atoms with E-state index in [1.54, 1.807) is 50.6 Å². The topological polar surface area (TPSA) is 59.9 Å². The van der Waals surface area contributed by atoms with E-state index in [0.717, 1.165) is 5.56 Å². The number of nitrogens with one attached hydrogen (secondary N) is 1. The fourth-order valence-corrected chi connectivity index (χ4v) is 2.39. The standard InChI is InChI=1S/C18H15ClN2O3/c1-23-14-8-12(9-15(10-14)24-2)17-20-16(18(22)21-17)7-11-3-5-13(19)6-4-11/h3-10H,1-2H3,(H,20,21,22)/b16-7+. The van der Waals surface area contributed by atoms with E-state index >= 15 is 0 Å². The van der Waals surface area contributed by atoms with Crippen molar-refractivity contribution in [1.82, 2.24) is 5.32 Å². The molecule has 0 aliphatic carbocycles. The summed E-state index contributed by atoms with van der Waals surface area (Å²) in [7, 11) is 3.14. The minimum Gasteiger partial charge on any atom is -0.497 e. The largest absolute Gasteiger partial charge is 0.497 e. The van der Waals surface area contributed by atoms with E-state index in [1.807, 2.05) is 12.1 Å². The van der Waals surface area contributed by atoms with E-state index in [2.05, 4.69) is 10.3 Å². The summed E-state index contributed by atoms with van der Waals surface area (Å²) < 4.78 is 10.5. The summed E-state index contributed by atoms with van der Waals surface area (Å²) in [5.74, 6) is 1.44. The lowest BCUT2D eigenvalue weighted by Crippen LogP contribution is -2.24. The summed E-state index contributed by atoms with van der Waals surface area (Å²) in [6.07, 6.45) is 1.70. The van der Waals surface area contributed by atoms with Crippen LogP contribution in [0.5, 0.6) is 11.5 Å². The lowest BCUT2D eigenvalue weighted by Gasteiger charge is -2.08. The number of hydrogen-bond donors (Lipinski definition) is 1. The Morgan fingerprint density at radius 2 is 1.67 bits per heavy atom. The fraction of sp³-hybridized carbons (Fsp3) is 0.111. The van der Waals surface area contributed by atoms with Gasteiger partial charge in [-0.05, 0) is 35.9 Å². The maximum absolute atomic E-state index is 12.2. The van der Waals surface area contributed by atoms with Crippen molar-refractivity contribution in [3.8, 4) is 11.5 Å². The predicted octanol–water partition coefficient (Wildman–Crippen LogP) is 3.27. The Bertz CT molecular complexity index is 820. The summed E-state index contributed by atoms with van der Waals surface area (Å²) in [5, 5.41) is 3.40. The molecule has 0 saturated heterocycles. The minimum absolute atomic E-state index is 0.262. The summed E-state index contributed by atoms with van der Waals surface area (Å²) in [4.78, 5) is 16.5. The van der Waals surface area contributed by atoms with Crippen molar-refractivity contribution in [2.45, 2.75) is 0 Å². The average Bonchev–Trinajstić information content (AvgIpc) is 2.97. The Kier molecular flexibility index (Phi) is 4.53. The van der Waals surface area contributed by atoms with E-state index in [-0.39, 0.29) is 5.91 Å². The maximum Gasteiger partial charge on any atom is 0.275 e. The van der Waals surface area contributed by atoms with Crippen LogP contribution in [0.4, 0.5) is 0 Å². The van der Waals surface area contributed by atoms with Crippen molar-refractivity contribution in [2.75, 3.05) is 14.2 Å². The number of methoxy groups -OCH3 is 2. The molecule has 0 bridgehead atoms. The molecule has 6 heteroatoms. The van der Waals surface area contributed by atoms with Crippen LogP contribution >= 0.6 is 11.6 Å². The number of amidine groups is 1. The van der Waals surface area contributed by atoms with Gasteiger partial charge in [-0.3, -0.25) is 4.79 Å². The van der Waals surface area contributed by atoms with Gasteiger partial charge in [-0.2, -0.15) is 0 Å². The lowest BCUT2D eigenvalue weighted by atomic mass is 10.2. The van der Waals surface area contributed by atoms with Crippen LogP contribution < -0.4 is 14.8 Å². The number of amides is 1. The zero-order valence-electron chi connectivity index (χ0n) is 13.2. The van der Waals surface area contributed by atoms with Crippen molar-refractivity contribution >= 4 is 29.4 Å². The van der Waals surface area contributed by atoms with E-state index in [9.17, 15) is 4.79 Å². The SMILES string of the molecule is COc1cc(OC)cc(C2=N/C(=C/c3ccc(Cl)cc3)C(=O)N2)c1. The fourth-order valence-electron chi connectivity index (χ4n) is 2.27. The summed E-state index contributed by atoms with van der Waals surface area (Å²) in [6.45, 7) is 0. The maximum atomic E-state index is 12.2. The smallest absolute Gasteiger partial charge is 0.275 e. The molecule has 0 aromatic heterocycles. The first-order valence-corrected chi connectivity index (χ1v) is 7.57. The van der Waals surface area contributed by atoms with Crippen molar-refractivity contribution in [3.63, 3.8) is 0 Å². The van der Waals surface area contributed by atoms with Gasteiger partial charge in [0.1, 0.15) is 23.0 Å². The molecule has 1 heterocycles. The lowest BCUT2D eigenvalue weighted by molar-refractivity contribution is -0.115. The minimum atomic E-state index is -0.262. The van der Waals surface area contributed by atoms with E-state index in [0.29, 0.717) is 33.6 Å². The predicted molar refractivity (Wildman–Crippen MR) is 93.7 cm³/mol. The van der Waals surface area contributed by atoms with Gasteiger partial charge in [-0.1, -0.05) is 23.7 Å². The van der Waals surface area contributed by atoms with Gasteiger partial charge in [-0.15, -0.1) is 0 Å². The molecule has 24 heavy (non-hydrogen) atoms. The third-order valence-corrected chi connectivity index (χ3v) is 3.75. The van der Waals surface area contributed by atoms with Crippen molar-refractivity contribution in [3.05, 3.63) is 64.3 Å². The van der Waals surface area contributed by atoms with Crippen LogP contribution in [-0.2, 0) is 4.79 Å². The Morgan fingerprint density at radius 1 is 1.04 bits per heavy atom. The zero-order chi connectivity index (χ0) is 17.1. The van der Waals surface area contributed by atoms with Gasteiger partial charge >= 0.3 is 0 Å². The molecular weight excluding hydrogens is 328 g/mol. The van der Waals surface area contributed by atoms with Crippen molar-refractivity contribution in [1.29, 1.82) is 0 Å². The zero-order valence-corrected chi connectivity index (χ0v) is 13.9. The molecule has 0 spiro atoms. The molecule has 2 aromatic rings. The van der Waals surface area contributed by atoms with Crippen LogP contribution in [0.3, 0.4) is 0 Å². The molecule has 0 radical (unpaired) electrons. The first kappa shape index (κ1) is 16.1. The van der Waals surface area contributed by atoms with Gasteiger partial charge in [0.15, 0.2) is 0 Å². The molecule has 0 atom stereocenters. The number of halogens is 1. The third-order valence-electron chi connectivity index (χ3n) is 3.50. The number of carbonyl (C=O) groups is 1. The molecule has 1 N–H and O–H groups in total. The van der Waals surface area contributed by atoms with Gasteiger partial charge < -0.3 is 14.8 Å². The highest BCUT2D eigenvalue weighted by Crippen LogP contribution is 2.24. The van der Waals surface area contributed by atoms with Gasteiger partial charge in [-0.25, -0.2) is 4.99 Å². The van der Waals surface area contributed by atoms with Crippen molar-refractivity contribution < 1.29 is 14.3 Å². The first-order chi connectivity index (χ1) is 11.6. The Morgan fingerprint density at radius 3 is 2.25 bits per heavy atom. The monoisotopic (exact) mass is 342 g/mol.